The number of carbonyl (C=O) groups excluding carboxylic acids is 2. The highest BCUT2D eigenvalue weighted by molar-refractivity contribution is 9.10. The third kappa shape index (κ3) is 4.93. The fourth-order valence-electron chi connectivity index (χ4n) is 2.71. The van der Waals surface area contributed by atoms with Gasteiger partial charge in [-0.1, -0.05) is 64.1 Å². The van der Waals surface area contributed by atoms with Gasteiger partial charge in [-0.2, -0.15) is 0 Å². The van der Waals surface area contributed by atoms with Crippen molar-refractivity contribution in [3.63, 3.8) is 0 Å². The molecule has 7 heteroatoms. The van der Waals surface area contributed by atoms with Crippen molar-refractivity contribution in [3.8, 4) is 0 Å². The molecule has 0 spiro atoms. The molecule has 29 heavy (non-hydrogen) atoms. The molecule has 144 valence electrons. The molecule has 1 amide bonds. The largest absolute Gasteiger partial charge is 0.322 e. The Morgan fingerprint density at radius 3 is 2.55 bits per heavy atom. The van der Waals surface area contributed by atoms with E-state index in [2.05, 4.69) is 26.2 Å². The first-order valence-electron chi connectivity index (χ1n) is 8.77. The van der Waals surface area contributed by atoms with Gasteiger partial charge in [0.25, 0.3) is 5.91 Å². The predicted octanol–water partition coefficient (Wildman–Crippen LogP) is 6.29. The van der Waals surface area contributed by atoms with E-state index in [0.717, 1.165) is 19.0 Å². The Kier molecular flexibility index (Phi) is 6.08. The summed E-state index contributed by atoms with van der Waals surface area (Å²) in [6.07, 6.45) is 0. The first-order chi connectivity index (χ1) is 14.1. The van der Waals surface area contributed by atoms with E-state index in [0.29, 0.717) is 22.6 Å². The second-order valence-corrected chi connectivity index (χ2v) is 9.37. The van der Waals surface area contributed by atoms with E-state index >= 15 is 0 Å². The molecule has 3 aromatic carbocycles. The van der Waals surface area contributed by atoms with Crippen LogP contribution in [0.5, 0.6) is 0 Å². The van der Waals surface area contributed by atoms with E-state index in [4.69, 9.17) is 0 Å². The lowest BCUT2D eigenvalue weighted by Gasteiger charge is -2.05. The van der Waals surface area contributed by atoms with E-state index in [1.807, 2.05) is 60.7 Å². The van der Waals surface area contributed by atoms with E-state index in [1.54, 1.807) is 12.1 Å². The van der Waals surface area contributed by atoms with Crippen LogP contribution in [0.3, 0.4) is 0 Å². The molecule has 0 aliphatic carbocycles. The lowest BCUT2D eigenvalue weighted by Crippen LogP contribution is -2.11. The van der Waals surface area contributed by atoms with Crippen LogP contribution < -0.4 is 5.32 Å². The van der Waals surface area contributed by atoms with Crippen LogP contribution in [-0.2, 0) is 0 Å². The molecule has 0 radical (unpaired) electrons. The number of nitrogens with one attached hydrogen (secondary N) is 1. The molecule has 0 saturated heterocycles. The first kappa shape index (κ1) is 19.8. The van der Waals surface area contributed by atoms with E-state index in [9.17, 15) is 9.59 Å². The van der Waals surface area contributed by atoms with Crippen LogP contribution >= 0.6 is 39.0 Å². The van der Waals surface area contributed by atoms with Gasteiger partial charge in [-0.25, -0.2) is 4.98 Å². The molecule has 1 heterocycles. The Morgan fingerprint density at radius 1 is 0.966 bits per heavy atom. The van der Waals surface area contributed by atoms with Gasteiger partial charge in [-0.15, -0.1) is 11.3 Å². The summed E-state index contributed by atoms with van der Waals surface area (Å²) in [4.78, 5) is 29.3. The second kappa shape index (κ2) is 8.90. The summed E-state index contributed by atoms with van der Waals surface area (Å²) in [6, 6.07) is 22.1. The molecule has 4 aromatic rings. The quantitative estimate of drug-likeness (QED) is 0.259. The number of thiazole rings is 1. The Labute approximate surface area is 184 Å². The maximum absolute atomic E-state index is 12.4. The third-order valence-corrected chi connectivity index (χ3v) is 6.79. The molecule has 0 bridgehead atoms. The standard InChI is InChI=1S/C22H15BrN2O2S2/c23-16-8-4-7-15(11-16)21(27)24-17-9-10-18-20(12-17)29-22(25-18)28-13-19(26)14-5-2-1-3-6-14/h1-12H,13H2,(H,24,27). The molecule has 1 N–H and O–H groups in total. The molecular formula is C22H15BrN2O2S2. The van der Waals surface area contributed by atoms with E-state index in [-0.39, 0.29) is 11.7 Å². The molecule has 0 aliphatic heterocycles. The Bertz CT molecular complexity index is 1190. The van der Waals surface area contributed by atoms with Crippen molar-refractivity contribution < 1.29 is 9.59 Å². The number of benzene rings is 3. The Hall–Kier alpha value is -2.48. The molecule has 0 atom stereocenters. The van der Waals surface area contributed by atoms with Gasteiger partial charge < -0.3 is 5.32 Å². The Morgan fingerprint density at radius 2 is 1.76 bits per heavy atom. The number of hydrogen-bond donors (Lipinski definition) is 1. The molecule has 0 fully saturated rings. The highest BCUT2D eigenvalue weighted by atomic mass is 79.9. The van der Waals surface area contributed by atoms with Gasteiger partial charge in [-0.05, 0) is 36.4 Å². The second-order valence-electron chi connectivity index (χ2n) is 6.20. The zero-order valence-corrected chi connectivity index (χ0v) is 18.3. The number of amides is 1. The van der Waals surface area contributed by atoms with Gasteiger partial charge >= 0.3 is 0 Å². The molecule has 1 aromatic heterocycles. The van der Waals surface area contributed by atoms with Crippen molar-refractivity contribution in [3.05, 3.63) is 88.4 Å². The molecule has 0 unspecified atom stereocenters. The molecule has 4 nitrogen and oxygen atoms in total. The minimum absolute atomic E-state index is 0.0804. The van der Waals surface area contributed by atoms with Crippen molar-refractivity contribution in [2.75, 3.05) is 11.1 Å². The minimum Gasteiger partial charge on any atom is -0.322 e. The zero-order chi connectivity index (χ0) is 20.2. The normalized spacial score (nSPS) is 10.8. The van der Waals surface area contributed by atoms with Crippen molar-refractivity contribution in [1.82, 2.24) is 4.98 Å². The number of hydrogen-bond acceptors (Lipinski definition) is 5. The fourth-order valence-corrected chi connectivity index (χ4v) is 5.11. The highest BCUT2D eigenvalue weighted by Gasteiger charge is 2.11. The average Bonchev–Trinajstić information content (AvgIpc) is 3.15. The van der Waals surface area contributed by atoms with Crippen LogP contribution in [0.4, 0.5) is 5.69 Å². The summed E-state index contributed by atoms with van der Waals surface area (Å²) in [7, 11) is 0. The number of thioether (sulfide) groups is 1. The van der Waals surface area contributed by atoms with E-state index in [1.165, 1.54) is 23.1 Å². The van der Waals surface area contributed by atoms with Crippen LogP contribution in [0.1, 0.15) is 20.7 Å². The van der Waals surface area contributed by atoms with Crippen LogP contribution in [0.15, 0.2) is 81.6 Å². The van der Waals surface area contributed by atoms with Crippen molar-refractivity contribution >= 4 is 66.6 Å². The smallest absolute Gasteiger partial charge is 0.255 e. The van der Waals surface area contributed by atoms with Gasteiger partial charge in [0.2, 0.25) is 0 Å². The topological polar surface area (TPSA) is 59.1 Å². The summed E-state index contributed by atoms with van der Waals surface area (Å²) in [6.45, 7) is 0. The van der Waals surface area contributed by atoms with Crippen LogP contribution in [0.2, 0.25) is 0 Å². The van der Waals surface area contributed by atoms with Gasteiger partial charge in [0.15, 0.2) is 10.1 Å². The van der Waals surface area contributed by atoms with Gasteiger partial charge in [0.05, 0.1) is 16.0 Å². The summed E-state index contributed by atoms with van der Waals surface area (Å²) < 4.78 is 2.65. The van der Waals surface area contributed by atoms with Gasteiger partial charge in [0, 0.05) is 21.3 Å². The number of carbonyl (C=O) groups is 2. The number of rotatable bonds is 6. The number of Topliss-reactive ketones (excluding diaryl/α,β-unsaturated/α-hetero) is 1. The third-order valence-electron chi connectivity index (χ3n) is 4.14. The average molecular weight is 483 g/mol. The lowest BCUT2D eigenvalue weighted by molar-refractivity contribution is 0.101. The molecular weight excluding hydrogens is 468 g/mol. The fraction of sp³-hybridized carbons (Fsp3) is 0.0455. The maximum atomic E-state index is 12.4. The summed E-state index contributed by atoms with van der Waals surface area (Å²) in [5, 5.41) is 2.92. The highest BCUT2D eigenvalue weighted by Crippen LogP contribution is 2.31. The van der Waals surface area contributed by atoms with Crippen molar-refractivity contribution in [2.24, 2.45) is 0 Å². The zero-order valence-electron chi connectivity index (χ0n) is 15.1. The number of halogens is 1. The summed E-state index contributed by atoms with van der Waals surface area (Å²) in [5.74, 6) is 0.256. The van der Waals surface area contributed by atoms with Gasteiger partial charge in [0.1, 0.15) is 0 Å². The monoisotopic (exact) mass is 482 g/mol. The molecule has 0 saturated carbocycles. The summed E-state index contributed by atoms with van der Waals surface area (Å²) >= 11 is 6.33. The van der Waals surface area contributed by atoms with Crippen molar-refractivity contribution in [2.45, 2.75) is 4.34 Å². The number of aromatic nitrogens is 1. The maximum Gasteiger partial charge on any atom is 0.255 e. The van der Waals surface area contributed by atoms with Crippen LogP contribution in [0.25, 0.3) is 10.2 Å². The van der Waals surface area contributed by atoms with Gasteiger partial charge in [-0.3, -0.25) is 9.59 Å². The van der Waals surface area contributed by atoms with Crippen LogP contribution in [0, 0.1) is 0 Å². The Balaban J connectivity index is 1.45. The first-order valence-corrected chi connectivity index (χ1v) is 11.4. The number of anilines is 1. The number of fused-ring (bicyclic) bond motifs is 1. The number of nitrogens with zero attached hydrogens (tertiary/aromatic N) is 1. The number of ketones is 1. The van der Waals surface area contributed by atoms with Crippen molar-refractivity contribution in [1.29, 1.82) is 0 Å². The lowest BCUT2D eigenvalue weighted by atomic mass is 10.2. The van der Waals surface area contributed by atoms with E-state index < -0.39 is 0 Å². The molecule has 4 rings (SSSR count). The SMILES string of the molecule is O=C(CSc1nc2ccc(NC(=O)c3cccc(Br)c3)cc2s1)c1ccccc1. The summed E-state index contributed by atoms with van der Waals surface area (Å²) in [5.41, 5.74) is 2.85. The minimum atomic E-state index is -0.168. The predicted molar refractivity (Wildman–Crippen MR) is 123 cm³/mol. The molecule has 0 aliphatic rings. The van der Waals surface area contributed by atoms with Crippen LogP contribution in [-0.4, -0.2) is 22.4 Å².